The zero-order chi connectivity index (χ0) is 15.7. The third kappa shape index (κ3) is 4.60. The quantitative estimate of drug-likeness (QED) is 0.618. The van der Waals surface area contributed by atoms with Gasteiger partial charge >= 0.3 is 12.4 Å². The van der Waals surface area contributed by atoms with Crippen molar-refractivity contribution in [1.29, 1.82) is 0 Å². The van der Waals surface area contributed by atoms with E-state index in [1.807, 2.05) is 0 Å². The van der Waals surface area contributed by atoms with E-state index < -0.39 is 40.9 Å². The van der Waals surface area contributed by atoms with Gasteiger partial charge in [0.2, 0.25) is 0 Å². The molecule has 9 heteroatoms. The fourth-order valence-electron chi connectivity index (χ4n) is 1.69. The molecule has 0 bridgehead atoms. The Kier molecular flexibility index (Phi) is 6.25. The van der Waals surface area contributed by atoms with Gasteiger partial charge in [-0.25, -0.2) is 4.39 Å². The summed E-state index contributed by atoms with van der Waals surface area (Å²) in [6.45, 7) is 3.24. The summed E-state index contributed by atoms with van der Waals surface area (Å²) >= 11 is 0. The highest BCUT2D eigenvalue weighted by Crippen LogP contribution is 2.40. The van der Waals surface area contributed by atoms with E-state index in [0.717, 1.165) is 6.08 Å². The fraction of sp³-hybridized carbons (Fsp3) is 0.333. The summed E-state index contributed by atoms with van der Waals surface area (Å²) in [6, 6.07) is -1.55. The molecule has 1 aromatic rings. The lowest BCUT2D eigenvalue weighted by Gasteiger charge is -2.20. The second-order valence-electron chi connectivity index (χ2n) is 4.05. The molecule has 2 N–H and O–H groups in total. The standard InChI is InChI=1S/C12H10F7N.ClH/c1-2-3-9(20)10-7(12(17,18)19)4-6(5-8(10)13)11(14,15)16;/h2,4-5,9H,1,3,20H2;1H/t9-;/m0./s1. The maximum absolute atomic E-state index is 13.6. The minimum atomic E-state index is -5.14. The molecular formula is C12H11ClF7N. The van der Waals surface area contributed by atoms with E-state index in [-0.39, 0.29) is 31.0 Å². The zero-order valence-electron chi connectivity index (χ0n) is 10.4. The molecular weight excluding hydrogens is 327 g/mol. The Bertz CT molecular complexity index is 508. The second-order valence-corrected chi connectivity index (χ2v) is 4.05. The molecule has 0 aliphatic carbocycles. The highest BCUT2D eigenvalue weighted by molar-refractivity contribution is 5.85. The van der Waals surface area contributed by atoms with Crippen molar-refractivity contribution in [3.63, 3.8) is 0 Å². The van der Waals surface area contributed by atoms with Gasteiger partial charge in [-0.05, 0) is 18.6 Å². The second kappa shape index (κ2) is 6.65. The van der Waals surface area contributed by atoms with Crippen LogP contribution in [0.1, 0.15) is 29.2 Å². The Labute approximate surface area is 122 Å². The molecule has 0 saturated heterocycles. The molecule has 0 saturated carbocycles. The lowest BCUT2D eigenvalue weighted by Crippen LogP contribution is -2.21. The van der Waals surface area contributed by atoms with Crippen molar-refractivity contribution < 1.29 is 30.7 Å². The summed E-state index contributed by atoms with van der Waals surface area (Å²) in [5.74, 6) is -1.64. The molecule has 1 aromatic carbocycles. The highest BCUT2D eigenvalue weighted by atomic mass is 35.5. The van der Waals surface area contributed by atoms with Crippen molar-refractivity contribution in [2.75, 3.05) is 0 Å². The number of alkyl halides is 6. The normalized spacial score (nSPS) is 13.5. The van der Waals surface area contributed by atoms with Gasteiger partial charge in [0.25, 0.3) is 0 Å². The molecule has 1 nitrogen and oxygen atoms in total. The number of rotatable bonds is 3. The molecule has 0 aromatic heterocycles. The van der Waals surface area contributed by atoms with Crippen LogP contribution in [-0.2, 0) is 12.4 Å². The lowest BCUT2D eigenvalue weighted by atomic mass is 9.95. The van der Waals surface area contributed by atoms with Crippen molar-refractivity contribution in [3.8, 4) is 0 Å². The average Bonchev–Trinajstić information content (AvgIpc) is 2.25. The largest absolute Gasteiger partial charge is 0.416 e. The smallest absolute Gasteiger partial charge is 0.324 e. The topological polar surface area (TPSA) is 26.0 Å². The Balaban J connectivity index is 0.00000400. The van der Waals surface area contributed by atoms with Crippen LogP contribution < -0.4 is 5.73 Å². The van der Waals surface area contributed by atoms with E-state index in [9.17, 15) is 30.7 Å². The van der Waals surface area contributed by atoms with Gasteiger partial charge in [0.1, 0.15) is 5.82 Å². The maximum atomic E-state index is 13.6. The molecule has 0 heterocycles. The van der Waals surface area contributed by atoms with Crippen molar-refractivity contribution in [1.82, 2.24) is 0 Å². The number of hydrogen-bond donors (Lipinski definition) is 1. The molecule has 0 radical (unpaired) electrons. The van der Waals surface area contributed by atoms with E-state index in [0.29, 0.717) is 0 Å². The summed E-state index contributed by atoms with van der Waals surface area (Å²) in [6.07, 6.45) is -9.27. The lowest BCUT2D eigenvalue weighted by molar-refractivity contribution is -0.144. The third-order valence-electron chi connectivity index (χ3n) is 2.55. The van der Waals surface area contributed by atoms with Crippen LogP contribution in [0.2, 0.25) is 0 Å². The number of nitrogens with two attached hydrogens (primary N) is 1. The van der Waals surface area contributed by atoms with Gasteiger partial charge in [0, 0.05) is 11.6 Å². The van der Waals surface area contributed by atoms with Gasteiger partial charge in [-0.15, -0.1) is 19.0 Å². The minimum Gasteiger partial charge on any atom is -0.324 e. The third-order valence-corrected chi connectivity index (χ3v) is 2.55. The van der Waals surface area contributed by atoms with Crippen LogP contribution in [0.25, 0.3) is 0 Å². The van der Waals surface area contributed by atoms with E-state index in [1.54, 1.807) is 0 Å². The molecule has 1 rings (SSSR count). The molecule has 0 amide bonds. The van der Waals surface area contributed by atoms with Crippen LogP contribution in [-0.4, -0.2) is 0 Å². The molecule has 21 heavy (non-hydrogen) atoms. The predicted molar refractivity (Wildman–Crippen MR) is 65.4 cm³/mol. The van der Waals surface area contributed by atoms with Gasteiger partial charge in [-0.2, -0.15) is 26.3 Å². The van der Waals surface area contributed by atoms with Gasteiger partial charge in [0.05, 0.1) is 11.1 Å². The van der Waals surface area contributed by atoms with E-state index in [4.69, 9.17) is 5.73 Å². The van der Waals surface area contributed by atoms with Crippen LogP contribution >= 0.6 is 12.4 Å². The summed E-state index contributed by atoms with van der Waals surface area (Å²) < 4.78 is 89.3. The summed E-state index contributed by atoms with van der Waals surface area (Å²) in [4.78, 5) is 0. The van der Waals surface area contributed by atoms with Crippen LogP contribution in [0, 0.1) is 5.82 Å². The van der Waals surface area contributed by atoms with Crippen LogP contribution in [0.3, 0.4) is 0 Å². The Hall–Kier alpha value is -1.28. The first-order chi connectivity index (χ1) is 8.98. The fourth-order valence-corrected chi connectivity index (χ4v) is 1.69. The Morgan fingerprint density at radius 3 is 2.00 bits per heavy atom. The van der Waals surface area contributed by atoms with Gasteiger partial charge < -0.3 is 5.73 Å². The van der Waals surface area contributed by atoms with E-state index in [2.05, 4.69) is 6.58 Å². The number of benzene rings is 1. The summed E-state index contributed by atoms with van der Waals surface area (Å²) in [5, 5.41) is 0. The van der Waals surface area contributed by atoms with Crippen LogP contribution in [0.15, 0.2) is 24.8 Å². The van der Waals surface area contributed by atoms with Gasteiger partial charge in [0.15, 0.2) is 0 Å². The van der Waals surface area contributed by atoms with Crippen molar-refractivity contribution in [2.24, 2.45) is 5.73 Å². The number of hydrogen-bond acceptors (Lipinski definition) is 1. The first kappa shape index (κ1) is 19.7. The molecule has 120 valence electrons. The molecule has 0 fully saturated rings. The predicted octanol–water partition coefficient (Wildman–Crippen LogP) is 4.86. The van der Waals surface area contributed by atoms with E-state index >= 15 is 0 Å². The van der Waals surface area contributed by atoms with Crippen LogP contribution in [0.4, 0.5) is 30.7 Å². The van der Waals surface area contributed by atoms with Crippen molar-refractivity contribution in [2.45, 2.75) is 24.8 Å². The minimum absolute atomic E-state index is 0. The first-order valence-corrected chi connectivity index (χ1v) is 5.32. The number of halogens is 8. The summed E-state index contributed by atoms with van der Waals surface area (Å²) in [5.41, 5.74) is 0.941. The first-order valence-electron chi connectivity index (χ1n) is 5.32. The molecule has 0 unspecified atom stereocenters. The molecule has 1 atom stereocenters. The Morgan fingerprint density at radius 1 is 1.10 bits per heavy atom. The van der Waals surface area contributed by atoms with Gasteiger partial charge in [-0.3, -0.25) is 0 Å². The monoisotopic (exact) mass is 337 g/mol. The van der Waals surface area contributed by atoms with Crippen molar-refractivity contribution >= 4 is 12.4 Å². The highest BCUT2D eigenvalue weighted by Gasteiger charge is 2.40. The van der Waals surface area contributed by atoms with E-state index in [1.165, 1.54) is 0 Å². The van der Waals surface area contributed by atoms with Crippen molar-refractivity contribution in [3.05, 3.63) is 47.3 Å². The van der Waals surface area contributed by atoms with Crippen LogP contribution in [0.5, 0.6) is 0 Å². The summed E-state index contributed by atoms with van der Waals surface area (Å²) in [7, 11) is 0. The molecule has 0 aliphatic heterocycles. The SMILES string of the molecule is C=CC[C@H](N)c1c(F)cc(C(F)(F)F)cc1C(F)(F)F.Cl. The average molecular weight is 338 g/mol. The molecule has 0 spiro atoms. The van der Waals surface area contributed by atoms with Gasteiger partial charge in [-0.1, -0.05) is 6.08 Å². The maximum Gasteiger partial charge on any atom is 0.416 e. The Morgan fingerprint density at radius 2 is 1.62 bits per heavy atom. The zero-order valence-corrected chi connectivity index (χ0v) is 11.2. The molecule has 0 aliphatic rings.